The summed E-state index contributed by atoms with van der Waals surface area (Å²) < 4.78 is 0. The molecule has 2 heterocycles. The van der Waals surface area contributed by atoms with Crippen LogP contribution in [0, 0.1) is 13.8 Å². The fraction of sp³-hybridized carbons (Fsp3) is 0.143. The third-order valence-electron chi connectivity index (χ3n) is 2.74. The number of thiazole rings is 2. The van der Waals surface area contributed by atoms with Gasteiger partial charge >= 0.3 is 0 Å². The minimum absolute atomic E-state index is 0.237. The molecule has 0 amide bonds. The SMILES string of the molecule is Cc1nc(C)c(-c2csc(Nc3cccc(O)c3)n2)s1. The lowest BCUT2D eigenvalue weighted by molar-refractivity contribution is 0.475. The Morgan fingerprint density at radius 2 is 2.05 bits per heavy atom. The Balaban J connectivity index is 1.85. The predicted molar refractivity (Wildman–Crippen MR) is 84.1 cm³/mol. The Labute approximate surface area is 124 Å². The number of phenols is 1. The molecule has 0 radical (unpaired) electrons. The standard InChI is InChI=1S/C14H13N3OS2/c1-8-13(20-9(2)15-8)12-7-19-14(17-12)16-10-4-3-5-11(18)6-10/h3-7,18H,1-2H3,(H,16,17). The monoisotopic (exact) mass is 303 g/mol. The van der Waals surface area contributed by atoms with Crippen LogP contribution in [-0.2, 0) is 0 Å². The number of hydrogen-bond acceptors (Lipinski definition) is 6. The quantitative estimate of drug-likeness (QED) is 0.756. The van der Waals surface area contributed by atoms with Gasteiger partial charge in [0.1, 0.15) is 5.75 Å². The highest BCUT2D eigenvalue weighted by Crippen LogP contribution is 2.33. The van der Waals surface area contributed by atoms with Gasteiger partial charge in [-0.05, 0) is 26.0 Å². The van der Waals surface area contributed by atoms with E-state index in [9.17, 15) is 5.11 Å². The molecule has 6 heteroatoms. The van der Waals surface area contributed by atoms with Crippen LogP contribution in [0.25, 0.3) is 10.6 Å². The number of hydrogen-bond donors (Lipinski definition) is 2. The molecule has 0 atom stereocenters. The lowest BCUT2D eigenvalue weighted by Crippen LogP contribution is -1.89. The van der Waals surface area contributed by atoms with Gasteiger partial charge in [-0.25, -0.2) is 9.97 Å². The number of nitrogens with zero attached hydrogens (tertiary/aromatic N) is 2. The lowest BCUT2D eigenvalue weighted by atomic mass is 10.3. The number of aryl methyl sites for hydroxylation is 2. The van der Waals surface area contributed by atoms with Gasteiger partial charge in [-0.15, -0.1) is 22.7 Å². The van der Waals surface area contributed by atoms with Gasteiger partial charge in [0.15, 0.2) is 5.13 Å². The fourth-order valence-corrected chi connectivity index (χ4v) is 3.59. The highest BCUT2D eigenvalue weighted by atomic mass is 32.1. The third-order valence-corrected chi connectivity index (χ3v) is 4.59. The summed E-state index contributed by atoms with van der Waals surface area (Å²) in [6.45, 7) is 4.00. The summed E-state index contributed by atoms with van der Waals surface area (Å²) in [7, 11) is 0. The molecule has 3 aromatic rings. The largest absolute Gasteiger partial charge is 0.508 e. The molecule has 0 saturated carbocycles. The molecule has 102 valence electrons. The van der Waals surface area contributed by atoms with Crippen molar-refractivity contribution in [1.29, 1.82) is 0 Å². The Morgan fingerprint density at radius 3 is 2.75 bits per heavy atom. The van der Waals surface area contributed by atoms with Crippen LogP contribution >= 0.6 is 22.7 Å². The van der Waals surface area contributed by atoms with E-state index in [0.717, 1.165) is 32.1 Å². The fourth-order valence-electron chi connectivity index (χ4n) is 1.91. The number of anilines is 2. The molecule has 0 aliphatic carbocycles. The summed E-state index contributed by atoms with van der Waals surface area (Å²) in [5, 5.41) is 16.5. The Bertz CT molecular complexity index is 748. The minimum atomic E-state index is 0.237. The van der Waals surface area contributed by atoms with E-state index in [2.05, 4.69) is 15.3 Å². The van der Waals surface area contributed by atoms with Gasteiger partial charge in [-0.3, -0.25) is 0 Å². The van der Waals surface area contributed by atoms with Crippen LogP contribution in [-0.4, -0.2) is 15.1 Å². The van der Waals surface area contributed by atoms with E-state index < -0.39 is 0 Å². The second-order valence-electron chi connectivity index (χ2n) is 4.36. The summed E-state index contributed by atoms with van der Waals surface area (Å²) in [6.07, 6.45) is 0. The zero-order valence-corrected chi connectivity index (χ0v) is 12.7. The predicted octanol–water partition coefficient (Wildman–Crippen LogP) is 4.33. The molecule has 0 bridgehead atoms. The van der Waals surface area contributed by atoms with Crippen LogP contribution in [0.4, 0.5) is 10.8 Å². The normalized spacial score (nSPS) is 10.7. The van der Waals surface area contributed by atoms with Crippen molar-refractivity contribution < 1.29 is 5.11 Å². The second kappa shape index (κ2) is 5.22. The van der Waals surface area contributed by atoms with Gasteiger partial charge in [-0.2, -0.15) is 0 Å². The summed E-state index contributed by atoms with van der Waals surface area (Å²) in [5.74, 6) is 0.237. The summed E-state index contributed by atoms with van der Waals surface area (Å²) in [5.41, 5.74) is 2.78. The molecule has 1 aromatic carbocycles. The van der Waals surface area contributed by atoms with Crippen molar-refractivity contribution in [3.05, 3.63) is 40.3 Å². The second-order valence-corrected chi connectivity index (χ2v) is 6.42. The van der Waals surface area contributed by atoms with Gasteiger partial charge in [0, 0.05) is 17.1 Å². The summed E-state index contributed by atoms with van der Waals surface area (Å²) in [6, 6.07) is 7.00. The summed E-state index contributed by atoms with van der Waals surface area (Å²) >= 11 is 3.19. The first-order chi connectivity index (χ1) is 9.61. The zero-order chi connectivity index (χ0) is 14.1. The average Bonchev–Trinajstić information content (AvgIpc) is 2.96. The minimum Gasteiger partial charge on any atom is -0.508 e. The first kappa shape index (κ1) is 13.1. The van der Waals surface area contributed by atoms with E-state index in [1.54, 1.807) is 29.5 Å². The average molecular weight is 303 g/mol. The molecule has 2 aromatic heterocycles. The molecule has 3 rings (SSSR count). The van der Waals surface area contributed by atoms with E-state index in [1.807, 2.05) is 25.3 Å². The Kier molecular flexibility index (Phi) is 3.42. The van der Waals surface area contributed by atoms with Gasteiger partial charge in [0.25, 0.3) is 0 Å². The molecule has 0 fully saturated rings. The molecule has 20 heavy (non-hydrogen) atoms. The van der Waals surface area contributed by atoms with Crippen molar-refractivity contribution in [2.24, 2.45) is 0 Å². The first-order valence-electron chi connectivity index (χ1n) is 6.08. The topological polar surface area (TPSA) is 58.0 Å². The van der Waals surface area contributed by atoms with Crippen LogP contribution < -0.4 is 5.32 Å². The van der Waals surface area contributed by atoms with Crippen LogP contribution in [0.1, 0.15) is 10.7 Å². The van der Waals surface area contributed by atoms with Gasteiger partial charge < -0.3 is 10.4 Å². The van der Waals surface area contributed by atoms with E-state index in [1.165, 1.54) is 11.3 Å². The van der Waals surface area contributed by atoms with E-state index in [4.69, 9.17) is 0 Å². The van der Waals surface area contributed by atoms with Crippen LogP contribution in [0.3, 0.4) is 0 Å². The molecular formula is C14H13N3OS2. The Hall–Kier alpha value is -1.92. The van der Waals surface area contributed by atoms with Crippen LogP contribution in [0.15, 0.2) is 29.6 Å². The van der Waals surface area contributed by atoms with Gasteiger partial charge in [0.2, 0.25) is 0 Å². The van der Waals surface area contributed by atoms with E-state index >= 15 is 0 Å². The van der Waals surface area contributed by atoms with Gasteiger partial charge in [-0.1, -0.05) is 6.07 Å². The molecule has 0 spiro atoms. The van der Waals surface area contributed by atoms with Crippen LogP contribution in [0.2, 0.25) is 0 Å². The summed E-state index contributed by atoms with van der Waals surface area (Å²) in [4.78, 5) is 10.1. The van der Waals surface area contributed by atoms with E-state index in [-0.39, 0.29) is 5.75 Å². The molecular weight excluding hydrogens is 290 g/mol. The molecule has 0 unspecified atom stereocenters. The van der Waals surface area contributed by atoms with Crippen molar-refractivity contribution >= 4 is 33.5 Å². The van der Waals surface area contributed by atoms with Crippen molar-refractivity contribution in [3.63, 3.8) is 0 Å². The molecule has 0 aliphatic rings. The first-order valence-corrected chi connectivity index (χ1v) is 7.77. The Morgan fingerprint density at radius 1 is 1.20 bits per heavy atom. The molecule has 2 N–H and O–H groups in total. The number of aromatic nitrogens is 2. The third kappa shape index (κ3) is 2.66. The molecule has 0 saturated heterocycles. The van der Waals surface area contributed by atoms with Crippen LogP contribution in [0.5, 0.6) is 5.75 Å². The highest BCUT2D eigenvalue weighted by Gasteiger charge is 2.11. The number of benzene rings is 1. The van der Waals surface area contributed by atoms with Crippen molar-refractivity contribution in [2.45, 2.75) is 13.8 Å². The highest BCUT2D eigenvalue weighted by molar-refractivity contribution is 7.16. The van der Waals surface area contributed by atoms with Crippen molar-refractivity contribution in [1.82, 2.24) is 9.97 Å². The number of aromatic hydroxyl groups is 1. The molecule has 4 nitrogen and oxygen atoms in total. The maximum atomic E-state index is 9.45. The molecule has 0 aliphatic heterocycles. The number of phenolic OH excluding ortho intramolecular Hbond substituents is 1. The lowest BCUT2D eigenvalue weighted by Gasteiger charge is -2.02. The smallest absolute Gasteiger partial charge is 0.187 e. The number of nitrogens with one attached hydrogen (secondary N) is 1. The van der Waals surface area contributed by atoms with E-state index in [0.29, 0.717) is 0 Å². The van der Waals surface area contributed by atoms with Crippen molar-refractivity contribution in [2.75, 3.05) is 5.32 Å². The maximum Gasteiger partial charge on any atom is 0.187 e. The maximum absolute atomic E-state index is 9.45. The number of rotatable bonds is 3. The zero-order valence-electron chi connectivity index (χ0n) is 11.0. The van der Waals surface area contributed by atoms with Gasteiger partial charge in [0.05, 0.1) is 21.3 Å². The van der Waals surface area contributed by atoms with Crippen molar-refractivity contribution in [3.8, 4) is 16.3 Å².